The Kier molecular flexibility index (Phi) is 7.59. The lowest BCUT2D eigenvalue weighted by atomic mass is 10.1. The number of nitrogens with zero attached hydrogens (tertiary/aromatic N) is 2. The fourth-order valence-electron chi connectivity index (χ4n) is 4.48. The number of anilines is 2. The lowest BCUT2D eigenvalue weighted by Crippen LogP contribution is -2.54. The van der Waals surface area contributed by atoms with Crippen molar-refractivity contribution in [3.8, 4) is 11.5 Å². The van der Waals surface area contributed by atoms with E-state index in [0.29, 0.717) is 17.9 Å². The first-order valence-corrected chi connectivity index (χ1v) is 11.7. The Morgan fingerprint density at radius 1 is 1.00 bits per heavy atom. The van der Waals surface area contributed by atoms with Gasteiger partial charge < -0.3 is 30.1 Å². The Balaban J connectivity index is 1.33. The fourth-order valence-corrected chi connectivity index (χ4v) is 4.48. The number of rotatable bonds is 9. The standard InChI is InChI=1S/C26H35N5O3/c1-17-15-31(16-18(2)27-17)22-9-6-20(7-10-22)26(32)28-25-13-21(29-30-25)8-5-19-11-23(33-3)14-24(12-19)34-4/h6-7,9-14,17-18,26-27,32H,5,8,15-16H2,1-4H3,(H2,28,29,30)/t17-,18+,26?. The van der Waals surface area contributed by atoms with Gasteiger partial charge in [-0.25, -0.2) is 0 Å². The highest BCUT2D eigenvalue weighted by molar-refractivity contribution is 5.50. The summed E-state index contributed by atoms with van der Waals surface area (Å²) in [5.74, 6) is 2.22. The molecule has 0 bridgehead atoms. The molecular formula is C26H35N5O3. The summed E-state index contributed by atoms with van der Waals surface area (Å²) in [6, 6.07) is 16.8. The number of hydrogen-bond donors (Lipinski definition) is 4. The van der Waals surface area contributed by atoms with Gasteiger partial charge in [-0.15, -0.1) is 0 Å². The van der Waals surface area contributed by atoms with Crippen LogP contribution in [0.4, 0.5) is 11.5 Å². The van der Waals surface area contributed by atoms with Gasteiger partial charge in [-0.3, -0.25) is 5.10 Å². The van der Waals surface area contributed by atoms with E-state index in [1.54, 1.807) is 14.2 Å². The minimum Gasteiger partial charge on any atom is -0.497 e. The quantitative estimate of drug-likeness (QED) is 0.359. The van der Waals surface area contributed by atoms with Gasteiger partial charge in [0.1, 0.15) is 17.3 Å². The molecule has 8 heteroatoms. The van der Waals surface area contributed by atoms with Crippen LogP contribution in [-0.4, -0.2) is 54.7 Å². The molecular weight excluding hydrogens is 430 g/mol. The Morgan fingerprint density at radius 3 is 2.26 bits per heavy atom. The SMILES string of the molecule is COc1cc(CCc2cc(NC(O)c3ccc(N4C[C@@H](C)N[C@@H](C)C4)cc3)[nH]n2)cc(OC)c1. The highest BCUT2D eigenvalue weighted by atomic mass is 16.5. The number of methoxy groups -OCH3 is 2. The van der Waals surface area contributed by atoms with Gasteiger partial charge in [0, 0.05) is 48.6 Å². The molecule has 3 aromatic rings. The van der Waals surface area contributed by atoms with Crippen molar-refractivity contribution < 1.29 is 14.6 Å². The topological polar surface area (TPSA) is 94.7 Å². The van der Waals surface area contributed by atoms with E-state index >= 15 is 0 Å². The highest BCUT2D eigenvalue weighted by Gasteiger charge is 2.21. The van der Waals surface area contributed by atoms with Crippen molar-refractivity contribution in [1.82, 2.24) is 15.5 Å². The number of aromatic nitrogens is 2. The largest absolute Gasteiger partial charge is 0.497 e. The predicted molar refractivity (Wildman–Crippen MR) is 135 cm³/mol. The van der Waals surface area contributed by atoms with Gasteiger partial charge in [0.2, 0.25) is 0 Å². The smallest absolute Gasteiger partial charge is 0.151 e. The van der Waals surface area contributed by atoms with E-state index in [-0.39, 0.29) is 0 Å². The van der Waals surface area contributed by atoms with Crippen molar-refractivity contribution in [3.63, 3.8) is 0 Å². The summed E-state index contributed by atoms with van der Waals surface area (Å²) in [6.07, 6.45) is 0.720. The molecule has 34 heavy (non-hydrogen) atoms. The number of aliphatic hydroxyl groups excluding tert-OH is 1. The van der Waals surface area contributed by atoms with Crippen molar-refractivity contribution in [2.24, 2.45) is 0 Å². The van der Waals surface area contributed by atoms with Crippen LogP contribution in [0, 0.1) is 0 Å². The Bertz CT molecular complexity index is 1040. The van der Waals surface area contributed by atoms with Crippen LogP contribution in [0.25, 0.3) is 0 Å². The normalized spacial score (nSPS) is 19.0. The van der Waals surface area contributed by atoms with Gasteiger partial charge in [-0.1, -0.05) is 12.1 Å². The van der Waals surface area contributed by atoms with Crippen molar-refractivity contribution in [1.29, 1.82) is 0 Å². The molecule has 1 aliphatic heterocycles. The van der Waals surface area contributed by atoms with Gasteiger partial charge in [0.05, 0.1) is 19.9 Å². The second-order valence-corrected chi connectivity index (χ2v) is 9.01. The molecule has 3 atom stereocenters. The molecule has 0 saturated carbocycles. The van der Waals surface area contributed by atoms with E-state index in [9.17, 15) is 5.11 Å². The Labute approximate surface area is 201 Å². The summed E-state index contributed by atoms with van der Waals surface area (Å²) in [5.41, 5.74) is 4.00. The predicted octanol–water partition coefficient (Wildman–Crippen LogP) is 3.50. The van der Waals surface area contributed by atoms with Gasteiger partial charge in [-0.2, -0.15) is 5.10 Å². The van der Waals surface area contributed by atoms with E-state index in [1.807, 2.05) is 36.4 Å². The van der Waals surface area contributed by atoms with Crippen LogP contribution in [-0.2, 0) is 12.8 Å². The number of nitrogens with one attached hydrogen (secondary N) is 3. The monoisotopic (exact) mass is 465 g/mol. The van der Waals surface area contributed by atoms with Crippen LogP contribution in [0.5, 0.6) is 11.5 Å². The number of aromatic amines is 1. The van der Waals surface area contributed by atoms with E-state index in [1.165, 1.54) is 5.69 Å². The molecule has 1 aromatic heterocycles. The van der Waals surface area contributed by atoms with Crippen molar-refractivity contribution >= 4 is 11.5 Å². The Hall–Kier alpha value is -3.23. The van der Waals surface area contributed by atoms with Crippen LogP contribution >= 0.6 is 0 Å². The van der Waals surface area contributed by atoms with Gasteiger partial charge in [0.25, 0.3) is 0 Å². The summed E-state index contributed by atoms with van der Waals surface area (Å²) in [6.45, 7) is 6.36. The number of aliphatic hydroxyl groups is 1. The zero-order valence-corrected chi connectivity index (χ0v) is 20.3. The Morgan fingerprint density at radius 2 is 1.65 bits per heavy atom. The van der Waals surface area contributed by atoms with E-state index in [2.05, 4.69) is 51.7 Å². The third-order valence-electron chi connectivity index (χ3n) is 6.14. The highest BCUT2D eigenvalue weighted by Crippen LogP contribution is 2.25. The molecule has 1 fully saturated rings. The van der Waals surface area contributed by atoms with E-state index in [0.717, 1.165) is 54.3 Å². The number of ether oxygens (including phenoxy) is 2. The average Bonchev–Trinajstić information content (AvgIpc) is 3.29. The van der Waals surface area contributed by atoms with E-state index < -0.39 is 6.23 Å². The van der Waals surface area contributed by atoms with Gasteiger partial charge in [-0.05, 0) is 56.5 Å². The lowest BCUT2D eigenvalue weighted by Gasteiger charge is -2.37. The van der Waals surface area contributed by atoms with Crippen molar-refractivity contribution in [2.45, 2.75) is 45.0 Å². The minimum atomic E-state index is -0.828. The second kappa shape index (κ2) is 10.8. The molecule has 4 N–H and O–H groups in total. The summed E-state index contributed by atoms with van der Waals surface area (Å²) in [5, 5.41) is 24.7. The maximum absolute atomic E-state index is 10.7. The zero-order chi connectivity index (χ0) is 24.1. The molecule has 2 aromatic carbocycles. The summed E-state index contributed by atoms with van der Waals surface area (Å²) >= 11 is 0. The van der Waals surface area contributed by atoms with Crippen molar-refractivity contribution in [3.05, 3.63) is 65.4 Å². The second-order valence-electron chi connectivity index (χ2n) is 9.01. The molecule has 0 aliphatic carbocycles. The molecule has 1 unspecified atom stereocenters. The number of H-pyrrole nitrogens is 1. The molecule has 8 nitrogen and oxygen atoms in total. The number of benzene rings is 2. The van der Waals surface area contributed by atoms with Gasteiger partial charge in [0.15, 0.2) is 6.23 Å². The molecule has 1 aliphatic rings. The third kappa shape index (κ3) is 6.01. The zero-order valence-electron chi connectivity index (χ0n) is 20.3. The first kappa shape index (κ1) is 23.9. The third-order valence-corrected chi connectivity index (χ3v) is 6.14. The number of piperazine rings is 1. The van der Waals surface area contributed by atoms with E-state index in [4.69, 9.17) is 9.47 Å². The molecule has 1 saturated heterocycles. The summed E-state index contributed by atoms with van der Waals surface area (Å²) in [7, 11) is 3.30. The fraction of sp³-hybridized carbons (Fsp3) is 0.423. The first-order chi connectivity index (χ1) is 16.4. The summed E-state index contributed by atoms with van der Waals surface area (Å²) in [4.78, 5) is 2.38. The number of hydrogen-bond acceptors (Lipinski definition) is 7. The van der Waals surface area contributed by atoms with Crippen LogP contribution in [0.2, 0.25) is 0 Å². The van der Waals surface area contributed by atoms with Crippen molar-refractivity contribution in [2.75, 3.05) is 37.5 Å². The van der Waals surface area contributed by atoms with Crippen LogP contribution < -0.4 is 25.0 Å². The molecule has 4 rings (SSSR count). The molecule has 182 valence electrons. The van der Waals surface area contributed by atoms with Crippen LogP contribution in [0.1, 0.15) is 36.9 Å². The minimum absolute atomic E-state index is 0.455. The molecule has 0 spiro atoms. The maximum Gasteiger partial charge on any atom is 0.151 e. The first-order valence-electron chi connectivity index (χ1n) is 11.7. The molecule has 0 amide bonds. The molecule has 2 heterocycles. The van der Waals surface area contributed by atoms with Crippen LogP contribution in [0.3, 0.4) is 0 Å². The number of aryl methyl sites for hydroxylation is 2. The van der Waals surface area contributed by atoms with Crippen LogP contribution in [0.15, 0.2) is 48.5 Å². The summed E-state index contributed by atoms with van der Waals surface area (Å²) < 4.78 is 10.7. The van der Waals surface area contributed by atoms with Gasteiger partial charge >= 0.3 is 0 Å². The lowest BCUT2D eigenvalue weighted by molar-refractivity contribution is 0.207. The maximum atomic E-state index is 10.7. The average molecular weight is 466 g/mol. The molecule has 0 radical (unpaired) electrons.